The minimum atomic E-state index is -3.40. The van der Waals surface area contributed by atoms with Gasteiger partial charge in [0, 0.05) is 0 Å². The predicted octanol–water partition coefficient (Wildman–Crippen LogP) is -0.0331. The highest BCUT2D eigenvalue weighted by Crippen LogP contribution is 2.19. The Morgan fingerprint density at radius 1 is 1.50 bits per heavy atom. The van der Waals surface area contributed by atoms with Crippen LogP contribution in [0.2, 0.25) is 0 Å². The Bertz CT molecular complexity index is 403. The summed E-state index contributed by atoms with van der Waals surface area (Å²) in [6, 6.07) is 5.07. The fourth-order valence-corrected chi connectivity index (χ4v) is 1.79. The van der Waals surface area contributed by atoms with Crippen LogP contribution < -0.4 is 5.73 Å². The summed E-state index contributed by atoms with van der Waals surface area (Å²) in [5.41, 5.74) is 4.22. The van der Waals surface area contributed by atoms with Crippen LogP contribution in [0.15, 0.2) is 18.2 Å². The van der Waals surface area contributed by atoms with Crippen molar-refractivity contribution in [3.8, 4) is 0 Å². The molecule has 0 fully saturated rings. The summed E-state index contributed by atoms with van der Waals surface area (Å²) >= 11 is 0. The molecule has 1 aromatic rings. The maximum absolute atomic E-state index is 11.3. The number of rotatable bonds is 4. The van der Waals surface area contributed by atoms with Gasteiger partial charge in [-0.2, -0.15) is 0 Å². The van der Waals surface area contributed by atoms with Crippen LogP contribution >= 0.6 is 0 Å². The van der Waals surface area contributed by atoms with Crippen molar-refractivity contribution >= 4 is 15.8 Å². The first-order valence-corrected chi connectivity index (χ1v) is 5.83. The van der Waals surface area contributed by atoms with Crippen LogP contribution in [-0.4, -0.2) is 25.7 Å². The van der Waals surface area contributed by atoms with Crippen molar-refractivity contribution in [2.24, 2.45) is 0 Å². The maximum atomic E-state index is 11.3. The molecule has 1 aromatic heterocycles. The van der Waals surface area contributed by atoms with Crippen molar-refractivity contribution in [1.82, 2.24) is 4.98 Å². The number of nitrogens with zero attached hydrogens (tertiary/aromatic N) is 2. The third-order valence-corrected chi connectivity index (χ3v) is 2.78. The van der Waals surface area contributed by atoms with Gasteiger partial charge in [0.15, 0.2) is 10.0 Å². The molecule has 0 bridgehead atoms. The second-order valence-electron chi connectivity index (χ2n) is 2.87. The highest BCUT2D eigenvalue weighted by molar-refractivity contribution is 7.94. The van der Waals surface area contributed by atoms with E-state index in [4.69, 9.17) is 0 Å². The van der Waals surface area contributed by atoms with Crippen molar-refractivity contribution in [2.45, 2.75) is 6.92 Å². The van der Waals surface area contributed by atoms with Gasteiger partial charge in [-0.15, -0.1) is 0 Å². The van der Waals surface area contributed by atoms with E-state index >= 15 is 0 Å². The lowest BCUT2D eigenvalue weighted by molar-refractivity contribution is -0.360. The van der Waals surface area contributed by atoms with E-state index in [0.29, 0.717) is 6.54 Å². The first-order chi connectivity index (χ1) is 6.53. The number of hydrogen-bond acceptors (Lipinski definition) is 3. The van der Waals surface area contributed by atoms with Gasteiger partial charge in [-0.1, -0.05) is 23.9 Å². The number of sulfonamides is 1. The molecule has 0 radical (unpaired) electrons. The van der Waals surface area contributed by atoms with Gasteiger partial charge in [0.2, 0.25) is 0 Å². The molecule has 5 nitrogen and oxygen atoms in total. The van der Waals surface area contributed by atoms with E-state index in [1.165, 1.54) is 0 Å². The van der Waals surface area contributed by atoms with E-state index in [1.54, 1.807) is 25.1 Å². The molecule has 0 amide bonds. The molecular formula is C8H13N3O2S. The topological polar surface area (TPSA) is 88.8 Å². The van der Waals surface area contributed by atoms with Gasteiger partial charge in [-0.05, 0) is 12.7 Å². The molecule has 0 aliphatic rings. The Kier molecular flexibility index (Phi) is 3.43. The Morgan fingerprint density at radius 2 is 2.21 bits per heavy atom. The summed E-state index contributed by atoms with van der Waals surface area (Å²) in [7, 11) is -3.40. The molecule has 3 N–H and O–H groups in total. The molecule has 0 saturated heterocycles. The molecule has 14 heavy (non-hydrogen) atoms. The van der Waals surface area contributed by atoms with Crippen molar-refractivity contribution in [2.75, 3.05) is 12.3 Å². The van der Waals surface area contributed by atoms with Gasteiger partial charge in [0.05, 0.1) is 6.54 Å². The van der Waals surface area contributed by atoms with Crippen LogP contribution in [0.5, 0.6) is 0 Å². The molecule has 1 heterocycles. The second-order valence-corrected chi connectivity index (χ2v) is 4.62. The smallest absolute Gasteiger partial charge is 0.178 e. The lowest BCUT2D eigenvalue weighted by atomic mass is 10.4. The molecule has 1 rings (SSSR count). The SMILES string of the molecule is Cc1cccc([N-]S(=O)(=O)CC[NH3+])n1. The summed E-state index contributed by atoms with van der Waals surface area (Å²) in [5, 5.41) is 0. The van der Waals surface area contributed by atoms with Gasteiger partial charge in [0.25, 0.3) is 0 Å². The van der Waals surface area contributed by atoms with E-state index in [0.717, 1.165) is 5.69 Å². The number of pyridine rings is 1. The van der Waals surface area contributed by atoms with Gasteiger partial charge >= 0.3 is 0 Å². The number of aryl methyl sites for hydroxylation is 1. The molecule has 0 spiro atoms. The Morgan fingerprint density at radius 3 is 2.79 bits per heavy atom. The first kappa shape index (κ1) is 10.9. The van der Waals surface area contributed by atoms with Gasteiger partial charge < -0.3 is 15.4 Å². The van der Waals surface area contributed by atoms with E-state index in [-0.39, 0.29) is 11.6 Å². The minimum absolute atomic E-state index is 0.0391. The maximum Gasteiger partial charge on any atom is 0.178 e. The Labute approximate surface area is 83.4 Å². The van der Waals surface area contributed by atoms with Crippen LogP contribution in [-0.2, 0) is 10.0 Å². The second kappa shape index (κ2) is 4.39. The zero-order chi connectivity index (χ0) is 10.6. The molecule has 0 aliphatic carbocycles. The molecule has 0 atom stereocenters. The molecular weight excluding hydrogens is 202 g/mol. The lowest BCUT2D eigenvalue weighted by Crippen LogP contribution is -2.52. The van der Waals surface area contributed by atoms with Crippen LogP contribution in [0.4, 0.5) is 5.82 Å². The van der Waals surface area contributed by atoms with Gasteiger partial charge in [-0.25, -0.2) is 8.42 Å². The summed E-state index contributed by atoms with van der Waals surface area (Å²) in [4.78, 5) is 3.97. The zero-order valence-electron chi connectivity index (χ0n) is 7.97. The summed E-state index contributed by atoms with van der Waals surface area (Å²) in [6.45, 7) is 2.10. The average Bonchev–Trinajstić information content (AvgIpc) is 2.02. The van der Waals surface area contributed by atoms with Crippen LogP contribution in [0, 0.1) is 6.92 Å². The van der Waals surface area contributed by atoms with Crippen molar-refractivity contribution < 1.29 is 14.2 Å². The number of aromatic nitrogens is 1. The molecule has 0 aliphatic heterocycles. The minimum Gasteiger partial charge on any atom is -0.439 e. The first-order valence-electron chi connectivity index (χ1n) is 4.22. The van der Waals surface area contributed by atoms with Crippen LogP contribution in [0.3, 0.4) is 0 Å². The summed E-state index contributed by atoms with van der Waals surface area (Å²) in [6.07, 6.45) is 0. The molecule has 6 heteroatoms. The van der Waals surface area contributed by atoms with Crippen molar-refractivity contribution in [1.29, 1.82) is 0 Å². The number of hydrogen-bond donors (Lipinski definition) is 1. The van der Waals surface area contributed by atoms with E-state index in [9.17, 15) is 8.42 Å². The quantitative estimate of drug-likeness (QED) is 0.764. The zero-order valence-corrected chi connectivity index (χ0v) is 8.79. The Balaban J connectivity index is 2.79. The van der Waals surface area contributed by atoms with E-state index in [1.807, 2.05) is 0 Å². The highest BCUT2D eigenvalue weighted by Gasteiger charge is 2.03. The lowest BCUT2D eigenvalue weighted by Gasteiger charge is -2.14. The van der Waals surface area contributed by atoms with E-state index < -0.39 is 10.0 Å². The normalized spacial score (nSPS) is 11.3. The standard InChI is InChI=1S/C8H12N3O2S/c1-7-3-2-4-8(10-7)11-14(12,13)6-5-9/h2-4H,5-6,9H2,1H3/q-1/p+1. The number of quaternary nitrogens is 1. The molecule has 0 saturated carbocycles. The van der Waals surface area contributed by atoms with Gasteiger partial charge in [0.1, 0.15) is 5.75 Å². The molecule has 78 valence electrons. The predicted molar refractivity (Wildman–Crippen MR) is 53.5 cm³/mol. The van der Waals surface area contributed by atoms with Gasteiger partial charge in [-0.3, -0.25) is 0 Å². The average molecular weight is 215 g/mol. The van der Waals surface area contributed by atoms with Crippen LogP contribution in [0.25, 0.3) is 4.72 Å². The molecule has 0 unspecified atom stereocenters. The third-order valence-electron chi connectivity index (χ3n) is 1.51. The third kappa shape index (κ3) is 3.31. The summed E-state index contributed by atoms with van der Waals surface area (Å²) in [5.74, 6) is 0.196. The Hall–Kier alpha value is -1.14. The van der Waals surface area contributed by atoms with E-state index in [2.05, 4.69) is 15.4 Å². The highest BCUT2D eigenvalue weighted by atomic mass is 32.2. The largest absolute Gasteiger partial charge is 0.439 e. The van der Waals surface area contributed by atoms with Crippen LogP contribution in [0.1, 0.15) is 5.69 Å². The summed E-state index contributed by atoms with van der Waals surface area (Å²) < 4.78 is 26.1. The van der Waals surface area contributed by atoms with Crippen molar-refractivity contribution in [3.05, 3.63) is 28.6 Å². The monoisotopic (exact) mass is 215 g/mol. The van der Waals surface area contributed by atoms with Crippen molar-refractivity contribution in [3.63, 3.8) is 0 Å². The fraction of sp³-hybridized carbons (Fsp3) is 0.375. The molecule has 0 aromatic carbocycles. The fourth-order valence-electron chi connectivity index (χ4n) is 0.950.